The summed E-state index contributed by atoms with van der Waals surface area (Å²) < 4.78 is 4.45. The van der Waals surface area contributed by atoms with E-state index in [2.05, 4.69) is 10.1 Å². The van der Waals surface area contributed by atoms with Gasteiger partial charge in [0.25, 0.3) is 0 Å². The largest absolute Gasteiger partial charge is 0.466 e. The van der Waals surface area contributed by atoms with Crippen LogP contribution in [0.2, 0.25) is 0 Å². The highest BCUT2D eigenvalue weighted by Gasteiger charge is 1.93. The van der Waals surface area contributed by atoms with E-state index in [0.29, 0.717) is 12.1 Å². The number of rotatable bonds is 4. The van der Waals surface area contributed by atoms with Gasteiger partial charge in [0.05, 0.1) is 7.11 Å². The topological polar surface area (TPSA) is 55.4 Å². The number of amides is 1. The van der Waals surface area contributed by atoms with Gasteiger partial charge in [0.15, 0.2) is 0 Å². The fourth-order valence-corrected chi connectivity index (χ4v) is 1.03. The predicted molar refractivity (Wildman–Crippen MR) is 57.2 cm³/mol. The molecule has 4 nitrogen and oxygen atoms in total. The van der Waals surface area contributed by atoms with Gasteiger partial charge >= 0.3 is 5.97 Å². The molecule has 1 rings (SSSR count). The number of anilines is 1. The van der Waals surface area contributed by atoms with Crippen LogP contribution in [0.4, 0.5) is 5.69 Å². The van der Waals surface area contributed by atoms with Gasteiger partial charge in [-0.15, -0.1) is 0 Å². The highest BCUT2D eigenvalue weighted by molar-refractivity contribution is 5.87. The molecule has 0 aliphatic heterocycles. The fraction of sp³-hybridized carbons (Fsp3) is 0.0909. The summed E-state index contributed by atoms with van der Waals surface area (Å²) in [5.41, 5.74) is 1.49. The number of carbonyl (C=O) groups excluding carboxylic acids is 2. The van der Waals surface area contributed by atoms with Crippen molar-refractivity contribution >= 4 is 24.1 Å². The maximum atomic E-state index is 10.8. The van der Waals surface area contributed by atoms with E-state index < -0.39 is 5.97 Å². The Morgan fingerprint density at radius 3 is 2.93 bits per heavy atom. The lowest BCUT2D eigenvalue weighted by Crippen LogP contribution is -1.94. The van der Waals surface area contributed by atoms with E-state index in [9.17, 15) is 9.59 Å². The molecule has 1 aromatic rings. The number of hydrogen-bond acceptors (Lipinski definition) is 3. The Balaban J connectivity index is 2.77. The Kier molecular flexibility index (Phi) is 4.09. The zero-order valence-corrected chi connectivity index (χ0v) is 8.27. The Bertz CT molecular complexity index is 385. The van der Waals surface area contributed by atoms with Crippen molar-refractivity contribution in [1.82, 2.24) is 0 Å². The van der Waals surface area contributed by atoms with Crippen LogP contribution in [-0.4, -0.2) is 19.5 Å². The summed E-state index contributed by atoms with van der Waals surface area (Å²) in [7, 11) is 1.32. The van der Waals surface area contributed by atoms with Crippen molar-refractivity contribution in [2.75, 3.05) is 12.4 Å². The molecule has 0 aromatic heterocycles. The van der Waals surface area contributed by atoms with Crippen LogP contribution in [-0.2, 0) is 14.3 Å². The minimum absolute atomic E-state index is 0.413. The average molecular weight is 205 g/mol. The number of methoxy groups -OCH3 is 1. The zero-order chi connectivity index (χ0) is 11.1. The van der Waals surface area contributed by atoms with Crippen molar-refractivity contribution in [3.8, 4) is 0 Å². The SMILES string of the molecule is COC(=O)C=Cc1cccc(NC=O)c1. The molecule has 0 bridgehead atoms. The second-order valence-corrected chi connectivity index (χ2v) is 2.74. The second-order valence-electron chi connectivity index (χ2n) is 2.74. The van der Waals surface area contributed by atoms with Crippen molar-refractivity contribution in [2.45, 2.75) is 0 Å². The van der Waals surface area contributed by atoms with Gasteiger partial charge in [0, 0.05) is 11.8 Å². The molecule has 78 valence electrons. The Morgan fingerprint density at radius 2 is 2.27 bits per heavy atom. The molecule has 0 aliphatic rings. The number of esters is 1. The van der Waals surface area contributed by atoms with Gasteiger partial charge in [-0.05, 0) is 23.8 Å². The van der Waals surface area contributed by atoms with Crippen LogP contribution in [0.1, 0.15) is 5.56 Å². The van der Waals surface area contributed by atoms with E-state index in [1.807, 2.05) is 6.07 Å². The average Bonchev–Trinajstić information content (AvgIpc) is 2.27. The van der Waals surface area contributed by atoms with E-state index in [-0.39, 0.29) is 0 Å². The Morgan fingerprint density at radius 1 is 1.47 bits per heavy atom. The van der Waals surface area contributed by atoms with Crippen LogP contribution in [0.25, 0.3) is 6.08 Å². The smallest absolute Gasteiger partial charge is 0.330 e. The predicted octanol–water partition coefficient (Wildman–Crippen LogP) is 1.44. The molecule has 0 radical (unpaired) electrons. The van der Waals surface area contributed by atoms with E-state index in [1.165, 1.54) is 13.2 Å². The molecule has 0 aliphatic carbocycles. The summed E-state index contributed by atoms with van der Waals surface area (Å²) in [5, 5.41) is 2.52. The maximum Gasteiger partial charge on any atom is 0.330 e. The van der Waals surface area contributed by atoms with Gasteiger partial charge in [-0.25, -0.2) is 4.79 Å². The molecule has 4 heteroatoms. The molecule has 0 heterocycles. The molecule has 0 unspecified atom stereocenters. The molecule has 1 aromatic carbocycles. The number of ether oxygens (including phenoxy) is 1. The molecule has 15 heavy (non-hydrogen) atoms. The summed E-state index contributed by atoms with van der Waals surface area (Å²) in [6.07, 6.45) is 3.53. The second kappa shape index (κ2) is 5.59. The molecule has 0 spiro atoms. The van der Waals surface area contributed by atoms with Gasteiger partial charge in [-0.2, -0.15) is 0 Å². The van der Waals surface area contributed by atoms with Gasteiger partial charge < -0.3 is 10.1 Å². The van der Waals surface area contributed by atoms with Crippen LogP contribution in [0.5, 0.6) is 0 Å². The monoisotopic (exact) mass is 205 g/mol. The third kappa shape index (κ3) is 3.64. The normalized spacial score (nSPS) is 9.93. The van der Waals surface area contributed by atoms with Crippen LogP contribution < -0.4 is 5.32 Å². The Labute approximate surface area is 87.6 Å². The zero-order valence-electron chi connectivity index (χ0n) is 8.27. The lowest BCUT2D eigenvalue weighted by Gasteiger charge is -1.99. The number of benzene rings is 1. The van der Waals surface area contributed by atoms with Crippen molar-refractivity contribution in [1.29, 1.82) is 0 Å². The molecular weight excluding hydrogens is 194 g/mol. The lowest BCUT2D eigenvalue weighted by atomic mass is 10.2. The van der Waals surface area contributed by atoms with Gasteiger partial charge in [0.1, 0.15) is 0 Å². The lowest BCUT2D eigenvalue weighted by molar-refractivity contribution is -0.134. The minimum Gasteiger partial charge on any atom is -0.466 e. The van der Waals surface area contributed by atoms with Crippen molar-refractivity contribution < 1.29 is 14.3 Å². The van der Waals surface area contributed by atoms with E-state index in [0.717, 1.165) is 5.56 Å². The van der Waals surface area contributed by atoms with Crippen LogP contribution >= 0.6 is 0 Å². The number of hydrogen-bond donors (Lipinski definition) is 1. The van der Waals surface area contributed by atoms with Crippen LogP contribution in [0.15, 0.2) is 30.3 Å². The first-order valence-electron chi connectivity index (χ1n) is 4.32. The molecule has 1 N–H and O–H groups in total. The van der Waals surface area contributed by atoms with E-state index >= 15 is 0 Å². The molecule has 0 saturated carbocycles. The number of carbonyl (C=O) groups is 2. The summed E-state index contributed by atoms with van der Waals surface area (Å²) >= 11 is 0. The van der Waals surface area contributed by atoms with Gasteiger partial charge in [-0.3, -0.25) is 4.79 Å². The van der Waals surface area contributed by atoms with Crippen molar-refractivity contribution in [3.63, 3.8) is 0 Å². The summed E-state index contributed by atoms with van der Waals surface area (Å²) in [5.74, 6) is -0.413. The molecule has 0 atom stereocenters. The highest BCUT2D eigenvalue weighted by atomic mass is 16.5. The maximum absolute atomic E-state index is 10.8. The molecule has 1 amide bonds. The van der Waals surface area contributed by atoms with E-state index in [4.69, 9.17) is 0 Å². The van der Waals surface area contributed by atoms with Crippen molar-refractivity contribution in [3.05, 3.63) is 35.9 Å². The quantitative estimate of drug-likeness (QED) is 0.459. The minimum atomic E-state index is -0.413. The molecule has 0 saturated heterocycles. The first-order valence-corrected chi connectivity index (χ1v) is 4.32. The third-order valence-electron chi connectivity index (χ3n) is 1.73. The van der Waals surface area contributed by atoms with Crippen LogP contribution in [0.3, 0.4) is 0 Å². The Hall–Kier alpha value is -2.10. The summed E-state index contributed by atoms with van der Waals surface area (Å²) in [6, 6.07) is 7.09. The molecule has 0 fully saturated rings. The number of nitrogens with one attached hydrogen (secondary N) is 1. The first kappa shape index (κ1) is 11.0. The highest BCUT2D eigenvalue weighted by Crippen LogP contribution is 2.11. The summed E-state index contributed by atoms with van der Waals surface area (Å²) in [6.45, 7) is 0. The van der Waals surface area contributed by atoms with Gasteiger partial charge in [0.2, 0.25) is 6.41 Å². The fourth-order valence-electron chi connectivity index (χ4n) is 1.03. The standard InChI is InChI=1S/C11H11NO3/c1-15-11(14)6-5-9-3-2-4-10(7-9)12-8-13/h2-8H,1H3,(H,12,13). The van der Waals surface area contributed by atoms with Crippen molar-refractivity contribution in [2.24, 2.45) is 0 Å². The summed E-state index contributed by atoms with van der Waals surface area (Å²) in [4.78, 5) is 21.0. The third-order valence-corrected chi connectivity index (χ3v) is 1.73. The molecular formula is C11H11NO3. The van der Waals surface area contributed by atoms with Crippen LogP contribution in [0, 0.1) is 0 Å². The van der Waals surface area contributed by atoms with Gasteiger partial charge in [-0.1, -0.05) is 12.1 Å². The first-order chi connectivity index (χ1) is 7.26. The van der Waals surface area contributed by atoms with E-state index in [1.54, 1.807) is 24.3 Å².